The minimum Gasteiger partial charge on any atom is -0.379 e. The molecule has 0 radical (unpaired) electrons. The number of hydrogen-bond donors (Lipinski definition) is 2. The molecule has 0 unspecified atom stereocenters. The van der Waals surface area contributed by atoms with Crippen LogP contribution in [-0.4, -0.2) is 85.6 Å². The molecule has 0 aromatic carbocycles. The van der Waals surface area contributed by atoms with E-state index in [-0.39, 0.29) is 17.7 Å². The van der Waals surface area contributed by atoms with Crippen LogP contribution in [0.25, 0.3) is 0 Å². The zero-order valence-corrected chi connectivity index (χ0v) is 16.8. The highest BCUT2D eigenvalue weighted by molar-refractivity contribution is 5.94. The number of likely N-dealkylation sites (tertiary alicyclic amines) is 1. The fourth-order valence-electron chi connectivity index (χ4n) is 3.78. The van der Waals surface area contributed by atoms with Crippen molar-refractivity contribution in [3.05, 3.63) is 23.9 Å². The molecule has 0 bridgehead atoms. The van der Waals surface area contributed by atoms with E-state index in [0.29, 0.717) is 24.0 Å². The maximum Gasteiger partial charge on any atom is 0.255 e. The topological polar surface area (TPSA) is 86.8 Å². The van der Waals surface area contributed by atoms with Gasteiger partial charge in [0.1, 0.15) is 5.82 Å². The first-order valence-electron chi connectivity index (χ1n) is 10.1. The first-order valence-corrected chi connectivity index (χ1v) is 10.1. The van der Waals surface area contributed by atoms with Gasteiger partial charge in [-0.05, 0) is 25.0 Å². The second-order valence-corrected chi connectivity index (χ2v) is 7.50. The zero-order valence-electron chi connectivity index (χ0n) is 16.8. The highest BCUT2D eigenvalue weighted by Crippen LogP contribution is 2.19. The van der Waals surface area contributed by atoms with Gasteiger partial charge in [0.2, 0.25) is 5.91 Å². The molecule has 2 fully saturated rings. The van der Waals surface area contributed by atoms with Crippen LogP contribution >= 0.6 is 0 Å². The molecule has 1 aromatic rings. The molecule has 0 spiro atoms. The van der Waals surface area contributed by atoms with Crippen LogP contribution < -0.4 is 10.6 Å². The van der Waals surface area contributed by atoms with Crippen molar-refractivity contribution in [2.24, 2.45) is 5.92 Å². The zero-order chi connectivity index (χ0) is 19.9. The van der Waals surface area contributed by atoms with E-state index >= 15 is 0 Å². The van der Waals surface area contributed by atoms with E-state index in [9.17, 15) is 9.59 Å². The van der Waals surface area contributed by atoms with Gasteiger partial charge in [0.05, 0.1) is 24.7 Å². The molecule has 0 saturated carbocycles. The van der Waals surface area contributed by atoms with E-state index in [1.54, 1.807) is 25.4 Å². The van der Waals surface area contributed by atoms with Crippen LogP contribution in [0.1, 0.15) is 30.1 Å². The third kappa shape index (κ3) is 5.20. The summed E-state index contributed by atoms with van der Waals surface area (Å²) in [5.74, 6) is 0.539. The summed E-state index contributed by atoms with van der Waals surface area (Å²) in [5.41, 5.74) is 0.606. The van der Waals surface area contributed by atoms with Gasteiger partial charge in [-0.3, -0.25) is 14.5 Å². The van der Waals surface area contributed by atoms with E-state index < -0.39 is 0 Å². The Morgan fingerprint density at radius 3 is 2.54 bits per heavy atom. The Bertz CT molecular complexity index is 652. The summed E-state index contributed by atoms with van der Waals surface area (Å²) in [7, 11) is 1.63. The number of carbonyl (C=O) groups is 2. The number of nitrogens with zero attached hydrogens (tertiary/aromatic N) is 3. The number of ether oxygens (including phenoxy) is 1. The molecular weight excluding hydrogens is 358 g/mol. The molecule has 1 aromatic heterocycles. The normalized spacial score (nSPS) is 19.9. The quantitative estimate of drug-likeness (QED) is 0.749. The second kappa shape index (κ2) is 9.84. The molecule has 2 N–H and O–H groups in total. The standard InChI is InChI=1S/C20H31N5O3/c1-15(19(26)21-2)13-22-18-4-3-16(14-23-18)20(27)25-7-5-17(6-8-25)24-9-11-28-12-10-24/h3-4,14-15,17H,5-13H2,1-2H3,(H,21,26)(H,22,23)/t15-/m1/s1. The van der Waals surface area contributed by atoms with Gasteiger partial charge in [0.25, 0.3) is 5.91 Å². The van der Waals surface area contributed by atoms with Crippen LogP contribution in [0.15, 0.2) is 18.3 Å². The van der Waals surface area contributed by atoms with Crippen molar-refractivity contribution < 1.29 is 14.3 Å². The van der Waals surface area contributed by atoms with E-state index in [0.717, 1.165) is 52.2 Å². The minimum absolute atomic E-state index is 0.0141. The minimum atomic E-state index is -0.152. The summed E-state index contributed by atoms with van der Waals surface area (Å²) in [4.78, 5) is 33.1. The average molecular weight is 390 g/mol. The van der Waals surface area contributed by atoms with Crippen LogP contribution in [0, 0.1) is 5.92 Å². The summed E-state index contributed by atoms with van der Waals surface area (Å²) in [6.07, 6.45) is 3.63. The van der Waals surface area contributed by atoms with Crippen molar-refractivity contribution in [3.63, 3.8) is 0 Å². The van der Waals surface area contributed by atoms with Crippen LogP contribution in [0.2, 0.25) is 0 Å². The lowest BCUT2D eigenvalue weighted by Gasteiger charge is -2.40. The first kappa shape index (κ1) is 20.5. The number of morpholine rings is 1. The Balaban J connectivity index is 1.47. The lowest BCUT2D eigenvalue weighted by Crippen LogP contribution is -2.50. The van der Waals surface area contributed by atoms with Gasteiger partial charge in [-0.1, -0.05) is 6.92 Å². The van der Waals surface area contributed by atoms with Gasteiger partial charge < -0.3 is 20.3 Å². The van der Waals surface area contributed by atoms with Crippen molar-refractivity contribution in [2.45, 2.75) is 25.8 Å². The molecule has 2 amide bonds. The van der Waals surface area contributed by atoms with Gasteiger partial charge in [0, 0.05) is 52.0 Å². The third-order valence-electron chi connectivity index (χ3n) is 5.61. The molecule has 2 saturated heterocycles. The Morgan fingerprint density at radius 2 is 1.93 bits per heavy atom. The monoisotopic (exact) mass is 389 g/mol. The fraction of sp³-hybridized carbons (Fsp3) is 0.650. The second-order valence-electron chi connectivity index (χ2n) is 7.50. The van der Waals surface area contributed by atoms with Crippen LogP contribution in [0.5, 0.6) is 0 Å². The van der Waals surface area contributed by atoms with E-state index in [1.165, 1.54) is 0 Å². The first-order chi connectivity index (χ1) is 13.6. The molecule has 8 nitrogen and oxygen atoms in total. The molecule has 0 aliphatic carbocycles. The highest BCUT2D eigenvalue weighted by Gasteiger charge is 2.28. The summed E-state index contributed by atoms with van der Waals surface area (Å²) < 4.78 is 5.43. The molecule has 3 heterocycles. The van der Waals surface area contributed by atoms with Gasteiger partial charge in [-0.2, -0.15) is 0 Å². The molecule has 154 valence electrons. The van der Waals surface area contributed by atoms with Crippen molar-refractivity contribution in [3.8, 4) is 0 Å². The summed E-state index contributed by atoms with van der Waals surface area (Å²) in [5, 5.41) is 5.76. The Labute approximate surface area is 166 Å². The van der Waals surface area contributed by atoms with Crippen LogP contribution in [0.4, 0.5) is 5.82 Å². The number of hydrogen-bond acceptors (Lipinski definition) is 6. The van der Waals surface area contributed by atoms with Gasteiger partial charge >= 0.3 is 0 Å². The Kier molecular flexibility index (Phi) is 7.22. The fourth-order valence-corrected chi connectivity index (χ4v) is 3.78. The predicted octanol–water partition coefficient (Wildman–Crippen LogP) is 0.812. The lowest BCUT2D eigenvalue weighted by molar-refractivity contribution is -0.123. The third-order valence-corrected chi connectivity index (χ3v) is 5.61. The number of anilines is 1. The maximum atomic E-state index is 12.8. The molecule has 2 aliphatic rings. The Hall–Kier alpha value is -2.19. The summed E-state index contributed by atoms with van der Waals surface area (Å²) in [6.45, 7) is 7.53. The molecular formula is C20H31N5O3. The van der Waals surface area contributed by atoms with Crippen molar-refractivity contribution in [2.75, 3.05) is 58.3 Å². The number of pyridine rings is 1. The number of aromatic nitrogens is 1. The summed E-state index contributed by atoms with van der Waals surface area (Å²) >= 11 is 0. The van der Waals surface area contributed by atoms with E-state index in [2.05, 4.69) is 20.5 Å². The number of rotatable bonds is 6. The number of carbonyl (C=O) groups excluding carboxylic acids is 2. The highest BCUT2D eigenvalue weighted by atomic mass is 16.5. The van der Waals surface area contributed by atoms with Gasteiger partial charge in [-0.15, -0.1) is 0 Å². The molecule has 1 atom stereocenters. The van der Waals surface area contributed by atoms with E-state index in [1.807, 2.05) is 11.8 Å². The summed E-state index contributed by atoms with van der Waals surface area (Å²) in [6, 6.07) is 4.15. The average Bonchev–Trinajstić information content (AvgIpc) is 2.77. The van der Waals surface area contributed by atoms with Crippen molar-refractivity contribution in [1.82, 2.24) is 20.1 Å². The van der Waals surface area contributed by atoms with Crippen LogP contribution in [-0.2, 0) is 9.53 Å². The van der Waals surface area contributed by atoms with Gasteiger partial charge in [0.15, 0.2) is 0 Å². The predicted molar refractivity (Wildman–Crippen MR) is 107 cm³/mol. The smallest absolute Gasteiger partial charge is 0.255 e. The molecule has 2 aliphatic heterocycles. The van der Waals surface area contributed by atoms with Crippen molar-refractivity contribution >= 4 is 17.6 Å². The lowest BCUT2D eigenvalue weighted by atomic mass is 10.0. The van der Waals surface area contributed by atoms with Crippen LogP contribution in [0.3, 0.4) is 0 Å². The number of amides is 2. The molecule has 8 heteroatoms. The Morgan fingerprint density at radius 1 is 1.21 bits per heavy atom. The number of nitrogens with one attached hydrogen (secondary N) is 2. The SMILES string of the molecule is CNC(=O)[C@H](C)CNc1ccc(C(=O)N2CCC(N3CCOCC3)CC2)cn1. The van der Waals surface area contributed by atoms with Gasteiger partial charge in [-0.25, -0.2) is 4.98 Å². The molecule has 3 rings (SSSR count). The largest absolute Gasteiger partial charge is 0.379 e. The van der Waals surface area contributed by atoms with E-state index in [4.69, 9.17) is 4.74 Å². The van der Waals surface area contributed by atoms with Crippen molar-refractivity contribution in [1.29, 1.82) is 0 Å². The molecule has 28 heavy (non-hydrogen) atoms. The number of piperidine rings is 1. The maximum absolute atomic E-state index is 12.8.